The molecule has 0 amide bonds. The van der Waals surface area contributed by atoms with Crippen molar-refractivity contribution in [1.29, 1.82) is 0 Å². The van der Waals surface area contributed by atoms with Crippen molar-refractivity contribution in [2.75, 3.05) is 31.3 Å². The third-order valence-corrected chi connectivity index (χ3v) is 22.0. The number of H-pyrrole nitrogens is 2. The number of phosphoric ester groups is 3. The fourth-order valence-corrected chi connectivity index (χ4v) is 16.0. The maximum Gasteiger partial charge on any atom is 0.490 e. The molecule has 3 aliphatic heterocycles. The Labute approximate surface area is 491 Å². The van der Waals surface area contributed by atoms with Crippen LogP contribution in [-0.2, 0) is 94.7 Å². The standard InChI is InChI=1S/C9H15BrN3O14P3.C9H16N3O14P3.C9H15N2O15P3/c10-3-1-13(9(16)12-7(3)11)8-6(15)5(14)4(25-8)2-24-29(20,21)27-30(22,23)26-28(17,18)19;10-5-1-2-12(9(15)11-5)8-7(14)6(13)4(24-8)3-23-28(19,20)26-29(21,22)25-27(16,17)18;12-5-4(2-23-28(19,20)26-29(21,22)25-27(16,17)18)24-7(6(5)13)3-1-10-9(15)11-8(3)14/h1,4-6,8,14-15H,2H2,(H,20,21)(H,22,23)(H2,11,12,16)(H2,17,18,19);1-2,4,6-8,13-14H,3H2,(H,19,20)(H,21,22)(H2,10,11,15)(H2,16,17,18);1,4-7,12-13H,2H2,(H,19,20)(H,21,22)(H2,16,17,18)(H2,10,11,14,15)/t4-,5?,6+,8-;4-,6?,7+,8-;4-,5?,6+,7+/m111/s1. The first-order chi connectivity index (χ1) is 39.7. The fraction of sp³-hybridized carbons (Fsp3) is 0.556. The van der Waals surface area contributed by atoms with E-state index in [1.54, 1.807) is 0 Å². The molecule has 51 nitrogen and oxygen atoms in total. The molecule has 9 unspecified atom stereocenters. The highest BCUT2D eigenvalue weighted by molar-refractivity contribution is 9.10. The molecular formula is C27H46BrN8O43P9. The lowest BCUT2D eigenvalue weighted by Gasteiger charge is -2.19. The number of aromatic amines is 2. The second-order valence-corrected chi connectivity index (χ2v) is 30.7. The topological polar surface area (TPSA) is 816 Å². The van der Waals surface area contributed by atoms with Crippen molar-refractivity contribution in [2.45, 2.75) is 73.5 Å². The first-order valence-electron chi connectivity index (χ1n) is 21.8. The van der Waals surface area contributed by atoms with Crippen LogP contribution in [-0.4, -0.2) is 193 Å². The van der Waals surface area contributed by atoms with E-state index in [4.69, 9.17) is 69.7 Å². The Morgan fingerprint density at radius 3 is 1.25 bits per heavy atom. The predicted molar refractivity (Wildman–Crippen MR) is 272 cm³/mol. The third kappa shape index (κ3) is 24.1. The van der Waals surface area contributed by atoms with Crippen LogP contribution in [0.25, 0.3) is 0 Å². The number of nitrogens with one attached hydrogen (secondary N) is 2. The van der Waals surface area contributed by atoms with Gasteiger partial charge in [0.25, 0.3) is 5.56 Å². The summed E-state index contributed by atoms with van der Waals surface area (Å²) in [5, 5.41) is 60.0. The Balaban J connectivity index is 0.000000282. The summed E-state index contributed by atoms with van der Waals surface area (Å²) in [6.07, 6.45) is -16.5. The lowest BCUT2D eigenvalue weighted by atomic mass is 10.0. The number of hydrogen-bond acceptors (Lipinski definition) is 35. The van der Waals surface area contributed by atoms with E-state index in [1.165, 1.54) is 6.07 Å². The number of aromatic nitrogens is 6. The van der Waals surface area contributed by atoms with E-state index in [0.29, 0.717) is 0 Å². The summed E-state index contributed by atoms with van der Waals surface area (Å²) in [7, 11) is -50.3. The SMILES string of the molecule is Nc1ccn([C@@H]2O[C@H](COP(=O)(O)OP(=O)(O)OP(=O)(O)O)C(O)[C@@H]2O)c(=O)n1.Nc1nc(=O)n([C@@H]2O[C@H](COP(=O)(O)OP(=O)(O)OP(=O)(O)O)C(O)[C@@H]2O)cc1Br.O=c1[nH]cc([C@@H]2O[C@H](COP(=O)(O)OP(=O)(O)OP(=O)(O)O)C(O)[C@@H]2O)c(=O)[nH]1. The van der Waals surface area contributed by atoms with Gasteiger partial charge in [-0.3, -0.25) is 32.5 Å². The number of hydrogen-bond donors (Lipinski definition) is 22. The largest absolute Gasteiger partial charge is 0.490 e. The van der Waals surface area contributed by atoms with Gasteiger partial charge < -0.3 is 120 Å². The van der Waals surface area contributed by atoms with Gasteiger partial charge in [0.15, 0.2) is 12.5 Å². The van der Waals surface area contributed by atoms with E-state index in [0.717, 1.165) is 27.7 Å². The molecule has 0 aromatic carbocycles. The zero-order valence-corrected chi connectivity index (χ0v) is 51.6. The Bertz CT molecular complexity index is 3680. The van der Waals surface area contributed by atoms with Gasteiger partial charge in [-0.25, -0.2) is 55.5 Å². The van der Waals surface area contributed by atoms with Crippen molar-refractivity contribution in [3.8, 4) is 0 Å². The molecule has 6 heterocycles. The first-order valence-corrected chi connectivity index (χ1v) is 36.2. The van der Waals surface area contributed by atoms with Crippen molar-refractivity contribution in [1.82, 2.24) is 29.1 Å². The molecule has 6 rings (SSSR count). The molecule has 61 heteroatoms. The van der Waals surface area contributed by atoms with Crippen molar-refractivity contribution >= 4 is 98.0 Å². The Hall–Kier alpha value is -2.61. The van der Waals surface area contributed by atoms with Crippen molar-refractivity contribution in [3.05, 3.63) is 76.5 Å². The second kappa shape index (κ2) is 29.8. The number of anilines is 2. The van der Waals surface area contributed by atoms with Crippen molar-refractivity contribution < 1.29 is 184 Å². The normalized spacial score (nSPS) is 29.1. The van der Waals surface area contributed by atoms with Gasteiger partial charge in [-0.05, 0) is 22.0 Å². The van der Waals surface area contributed by atoms with Gasteiger partial charge in [0.2, 0.25) is 0 Å². The van der Waals surface area contributed by atoms with E-state index in [-0.39, 0.29) is 21.7 Å². The molecule has 3 aliphatic rings. The number of rotatable bonds is 24. The molecule has 0 aliphatic carbocycles. The summed E-state index contributed by atoms with van der Waals surface area (Å²) in [5.74, 6) is -0.281. The molecule has 24 N–H and O–H groups in total. The highest BCUT2D eigenvalue weighted by Gasteiger charge is 2.50. The van der Waals surface area contributed by atoms with Crippen molar-refractivity contribution in [3.63, 3.8) is 0 Å². The van der Waals surface area contributed by atoms with Crippen LogP contribution in [0.1, 0.15) is 24.1 Å². The van der Waals surface area contributed by atoms with Gasteiger partial charge in [0, 0.05) is 18.6 Å². The smallest absolute Gasteiger partial charge is 0.387 e. The molecule has 88 heavy (non-hydrogen) atoms. The highest BCUT2D eigenvalue weighted by atomic mass is 79.9. The summed E-state index contributed by atoms with van der Waals surface area (Å²) in [5.41, 5.74) is 6.79. The van der Waals surface area contributed by atoms with Crippen LogP contribution in [0, 0.1) is 0 Å². The van der Waals surface area contributed by atoms with Gasteiger partial charge in [0.1, 0.15) is 72.7 Å². The molecule has 3 aromatic heterocycles. The molecule has 0 saturated carbocycles. The number of nitrogens with zero attached hydrogens (tertiary/aromatic N) is 4. The second-order valence-electron chi connectivity index (χ2n) is 16.6. The Kier molecular flexibility index (Phi) is 26.3. The quantitative estimate of drug-likeness (QED) is 0.0371. The van der Waals surface area contributed by atoms with Crippen molar-refractivity contribution in [2.24, 2.45) is 0 Å². The molecule has 3 saturated heterocycles. The Morgan fingerprint density at radius 1 is 0.511 bits per heavy atom. The average Bonchev–Trinajstić information content (AvgIpc) is 2.47. The number of halogens is 1. The minimum atomic E-state index is -5.73. The number of phosphoric acid groups is 9. The van der Waals surface area contributed by atoms with Crippen LogP contribution in [0.15, 0.2) is 48.3 Å². The summed E-state index contributed by atoms with van der Waals surface area (Å²) in [6.45, 7) is -3.09. The van der Waals surface area contributed by atoms with Gasteiger partial charge in [-0.2, -0.15) is 35.8 Å². The lowest BCUT2D eigenvalue weighted by Crippen LogP contribution is -2.36. The lowest BCUT2D eigenvalue weighted by molar-refractivity contribution is -0.0542. The summed E-state index contributed by atoms with van der Waals surface area (Å²) in [6, 6.07) is 1.20. The van der Waals surface area contributed by atoms with E-state index in [1.807, 2.05) is 4.98 Å². The molecule has 18 atom stereocenters. The van der Waals surface area contributed by atoms with Crippen LogP contribution in [0.4, 0.5) is 11.6 Å². The number of ether oxygens (including phenoxy) is 3. The van der Waals surface area contributed by atoms with Crippen LogP contribution >= 0.6 is 86.3 Å². The van der Waals surface area contributed by atoms with E-state index < -0.39 is 186 Å². The highest BCUT2D eigenvalue weighted by Crippen LogP contribution is 2.68. The minimum absolute atomic E-state index is 0.122. The zero-order valence-electron chi connectivity index (χ0n) is 42.0. The molecule has 0 radical (unpaired) electrons. The minimum Gasteiger partial charge on any atom is -0.387 e. The number of aliphatic hydroxyl groups is 6. The number of nitrogens with two attached hydrogens (primary N) is 2. The maximum atomic E-state index is 11.9. The summed E-state index contributed by atoms with van der Waals surface area (Å²) in [4.78, 5) is 163. The molecule has 0 bridgehead atoms. The van der Waals surface area contributed by atoms with E-state index >= 15 is 0 Å². The summed E-state index contributed by atoms with van der Waals surface area (Å²) >= 11 is 3.01. The molecular weight excluding hydrogens is 1480 g/mol. The third-order valence-electron chi connectivity index (χ3n) is 9.98. The monoisotopic (exact) mass is 1530 g/mol. The van der Waals surface area contributed by atoms with Gasteiger partial charge >= 0.3 is 87.5 Å². The van der Waals surface area contributed by atoms with Crippen LogP contribution < -0.4 is 34.1 Å². The van der Waals surface area contributed by atoms with E-state index in [9.17, 15) is 106 Å². The summed E-state index contributed by atoms with van der Waals surface area (Å²) < 4.78 is 152. The van der Waals surface area contributed by atoms with Crippen LogP contribution in [0.5, 0.6) is 0 Å². The van der Waals surface area contributed by atoms with Gasteiger partial charge in [0.05, 0.1) is 29.9 Å². The number of nitrogen functional groups attached to an aromatic ring is 2. The van der Waals surface area contributed by atoms with Gasteiger partial charge in [-0.1, -0.05) is 0 Å². The molecule has 3 aromatic rings. The zero-order chi connectivity index (χ0) is 67.5. The predicted octanol–water partition coefficient (Wildman–Crippen LogP) is -6.09. The first kappa shape index (κ1) is 77.8. The average molecular weight is 1530 g/mol. The molecule has 3 fully saturated rings. The van der Waals surface area contributed by atoms with Crippen LogP contribution in [0.3, 0.4) is 0 Å². The Morgan fingerprint density at radius 2 is 0.875 bits per heavy atom. The van der Waals surface area contributed by atoms with Crippen LogP contribution in [0.2, 0.25) is 0 Å². The van der Waals surface area contributed by atoms with Gasteiger partial charge in [-0.15, -0.1) is 0 Å². The number of aliphatic hydroxyl groups excluding tert-OH is 6. The maximum absolute atomic E-state index is 11.9. The molecule has 0 spiro atoms. The fourth-order valence-electron chi connectivity index (χ4n) is 6.64. The molecule has 504 valence electrons. The van der Waals surface area contributed by atoms with E-state index in [2.05, 4.69) is 70.3 Å².